The van der Waals surface area contributed by atoms with Gasteiger partial charge in [0.1, 0.15) is 11.9 Å². The number of furan rings is 1. The molecule has 1 aromatic heterocycles. The van der Waals surface area contributed by atoms with Crippen molar-refractivity contribution in [1.82, 2.24) is 9.80 Å². The van der Waals surface area contributed by atoms with Crippen molar-refractivity contribution in [3.63, 3.8) is 0 Å². The molecule has 0 aliphatic carbocycles. The molecule has 24 heavy (non-hydrogen) atoms. The Kier molecular flexibility index (Phi) is 4.45. The Hall–Kier alpha value is -2.36. The second-order valence-corrected chi connectivity index (χ2v) is 6.30. The van der Waals surface area contributed by atoms with Gasteiger partial charge in [0, 0.05) is 26.2 Å². The van der Waals surface area contributed by atoms with E-state index < -0.39 is 0 Å². The summed E-state index contributed by atoms with van der Waals surface area (Å²) >= 11 is 0. The molecule has 3 nitrogen and oxygen atoms in total. The van der Waals surface area contributed by atoms with Gasteiger partial charge in [-0.2, -0.15) is 0 Å². The van der Waals surface area contributed by atoms with Gasteiger partial charge in [0.2, 0.25) is 0 Å². The predicted molar refractivity (Wildman–Crippen MR) is 95.2 cm³/mol. The molecular weight excluding hydrogens is 296 g/mol. The minimum absolute atomic E-state index is 0.195. The summed E-state index contributed by atoms with van der Waals surface area (Å²) < 4.78 is 5.77. The van der Waals surface area contributed by atoms with Crippen molar-refractivity contribution in [3.05, 3.63) is 95.9 Å². The standard InChI is InChI=1S/C21H22N2O/c1-3-8-18(9-4-1)16-22-13-14-23(17-19-10-5-2-6-11-19)21(22)20-12-7-15-24-20/h1-12,15,21H,13-14,16-17H2. The first-order valence-electron chi connectivity index (χ1n) is 8.49. The summed E-state index contributed by atoms with van der Waals surface area (Å²) in [6, 6.07) is 25.4. The molecule has 0 atom stereocenters. The summed E-state index contributed by atoms with van der Waals surface area (Å²) in [6.45, 7) is 3.98. The topological polar surface area (TPSA) is 19.6 Å². The van der Waals surface area contributed by atoms with Gasteiger partial charge in [0.25, 0.3) is 0 Å². The Morgan fingerprint density at radius 1 is 0.708 bits per heavy atom. The molecule has 0 unspecified atom stereocenters. The van der Waals surface area contributed by atoms with Crippen LogP contribution in [0.25, 0.3) is 0 Å². The van der Waals surface area contributed by atoms with Crippen molar-refractivity contribution in [2.75, 3.05) is 13.1 Å². The zero-order valence-corrected chi connectivity index (χ0v) is 13.7. The van der Waals surface area contributed by atoms with E-state index in [9.17, 15) is 0 Å². The minimum Gasteiger partial charge on any atom is -0.466 e. The van der Waals surface area contributed by atoms with Crippen molar-refractivity contribution in [1.29, 1.82) is 0 Å². The molecule has 4 rings (SSSR count). The third-order valence-electron chi connectivity index (χ3n) is 4.62. The summed E-state index contributed by atoms with van der Waals surface area (Å²) in [6.07, 6.45) is 1.97. The van der Waals surface area contributed by atoms with E-state index in [2.05, 4.69) is 76.5 Å². The van der Waals surface area contributed by atoms with Gasteiger partial charge in [0.15, 0.2) is 0 Å². The molecule has 122 valence electrons. The van der Waals surface area contributed by atoms with Crippen molar-refractivity contribution >= 4 is 0 Å². The largest absolute Gasteiger partial charge is 0.466 e. The molecule has 0 N–H and O–H groups in total. The van der Waals surface area contributed by atoms with E-state index in [0.717, 1.165) is 31.9 Å². The van der Waals surface area contributed by atoms with Gasteiger partial charge >= 0.3 is 0 Å². The highest BCUT2D eigenvalue weighted by atomic mass is 16.3. The number of nitrogens with zero attached hydrogens (tertiary/aromatic N) is 2. The molecule has 0 amide bonds. The zero-order valence-electron chi connectivity index (χ0n) is 13.7. The Labute approximate surface area is 143 Å². The molecule has 0 bridgehead atoms. The average Bonchev–Trinajstić information content (AvgIpc) is 3.27. The van der Waals surface area contributed by atoms with Crippen LogP contribution in [0.4, 0.5) is 0 Å². The zero-order chi connectivity index (χ0) is 16.2. The van der Waals surface area contributed by atoms with Gasteiger partial charge in [-0.15, -0.1) is 0 Å². The van der Waals surface area contributed by atoms with Gasteiger partial charge in [-0.25, -0.2) is 0 Å². The van der Waals surface area contributed by atoms with Gasteiger partial charge in [-0.05, 0) is 23.3 Å². The highest BCUT2D eigenvalue weighted by Crippen LogP contribution is 2.32. The fourth-order valence-corrected chi connectivity index (χ4v) is 3.50. The maximum Gasteiger partial charge on any atom is 0.135 e. The molecular formula is C21H22N2O. The maximum absolute atomic E-state index is 5.77. The van der Waals surface area contributed by atoms with Crippen molar-refractivity contribution in [3.8, 4) is 0 Å². The van der Waals surface area contributed by atoms with E-state index in [-0.39, 0.29) is 6.17 Å². The van der Waals surface area contributed by atoms with Crippen LogP contribution in [0.5, 0.6) is 0 Å². The lowest BCUT2D eigenvalue weighted by molar-refractivity contribution is 0.103. The lowest BCUT2D eigenvalue weighted by atomic mass is 10.2. The van der Waals surface area contributed by atoms with Crippen LogP contribution in [0.1, 0.15) is 23.1 Å². The van der Waals surface area contributed by atoms with E-state index in [1.54, 1.807) is 6.26 Å². The second-order valence-electron chi connectivity index (χ2n) is 6.30. The SMILES string of the molecule is c1ccc(CN2CCN(Cc3ccccc3)C2c2ccco2)cc1. The third kappa shape index (κ3) is 3.28. The van der Waals surface area contributed by atoms with Gasteiger partial charge in [-0.1, -0.05) is 60.7 Å². The summed E-state index contributed by atoms with van der Waals surface area (Å²) in [5.74, 6) is 1.03. The molecule has 3 heteroatoms. The van der Waals surface area contributed by atoms with Crippen LogP contribution in [0.3, 0.4) is 0 Å². The van der Waals surface area contributed by atoms with E-state index in [0.29, 0.717) is 0 Å². The van der Waals surface area contributed by atoms with Crippen LogP contribution < -0.4 is 0 Å². The van der Waals surface area contributed by atoms with E-state index in [4.69, 9.17) is 4.42 Å². The minimum atomic E-state index is 0.195. The summed E-state index contributed by atoms with van der Waals surface area (Å²) in [5, 5.41) is 0. The van der Waals surface area contributed by atoms with Crippen LogP contribution in [0, 0.1) is 0 Å². The molecule has 1 saturated heterocycles. The fraction of sp³-hybridized carbons (Fsp3) is 0.238. The average molecular weight is 318 g/mol. The molecule has 0 saturated carbocycles. The highest BCUT2D eigenvalue weighted by Gasteiger charge is 2.34. The second kappa shape index (κ2) is 7.04. The molecule has 2 heterocycles. The van der Waals surface area contributed by atoms with Crippen molar-refractivity contribution in [2.24, 2.45) is 0 Å². The number of benzene rings is 2. The first-order chi connectivity index (χ1) is 11.9. The van der Waals surface area contributed by atoms with Crippen molar-refractivity contribution < 1.29 is 4.42 Å². The van der Waals surface area contributed by atoms with Gasteiger partial charge in [0.05, 0.1) is 6.26 Å². The lowest BCUT2D eigenvalue weighted by Gasteiger charge is -2.28. The van der Waals surface area contributed by atoms with Crippen LogP contribution >= 0.6 is 0 Å². The van der Waals surface area contributed by atoms with Crippen molar-refractivity contribution in [2.45, 2.75) is 19.3 Å². The number of hydrogen-bond donors (Lipinski definition) is 0. The van der Waals surface area contributed by atoms with Crippen LogP contribution in [0.2, 0.25) is 0 Å². The van der Waals surface area contributed by atoms with E-state index in [1.165, 1.54) is 11.1 Å². The van der Waals surface area contributed by atoms with E-state index >= 15 is 0 Å². The smallest absolute Gasteiger partial charge is 0.135 e. The van der Waals surface area contributed by atoms with Gasteiger partial charge < -0.3 is 4.42 Å². The summed E-state index contributed by atoms with van der Waals surface area (Å²) in [7, 11) is 0. The normalized spacial score (nSPS) is 16.7. The molecule has 0 radical (unpaired) electrons. The summed E-state index contributed by atoms with van der Waals surface area (Å²) in [5.41, 5.74) is 2.69. The van der Waals surface area contributed by atoms with E-state index in [1.807, 2.05) is 6.07 Å². The first kappa shape index (κ1) is 15.2. The quantitative estimate of drug-likeness (QED) is 0.699. The predicted octanol–water partition coefficient (Wildman–Crippen LogP) is 4.30. The number of hydrogen-bond acceptors (Lipinski definition) is 3. The van der Waals surface area contributed by atoms with Crippen LogP contribution in [-0.2, 0) is 13.1 Å². The monoisotopic (exact) mass is 318 g/mol. The van der Waals surface area contributed by atoms with Crippen LogP contribution in [-0.4, -0.2) is 22.9 Å². The Balaban J connectivity index is 1.56. The Morgan fingerprint density at radius 2 is 1.25 bits per heavy atom. The molecule has 1 aliphatic heterocycles. The number of rotatable bonds is 5. The lowest BCUT2D eigenvalue weighted by Crippen LogP contribution is -2.30. The molecule has 2 aromatic carbocycles. The molecule has 0 spiro atoms. The highest BCUT2D eigenvalue weighted by molar-refractivity contribution is 5.18. The van der Waals surface area contributed by atoms with Crippen LogP contribution in [0.15, 0.2) is 83.5 Å². The maximum atomic E-state index is 5.77. The summed E-state index contributed by atoms with van der Waals surface area (Å²) in [4.78, 5) is 4.99. The third-order valence-corrected chi connectivity index (χ3v) is 4.62. The Morgan fingerprint density at radius 3 is 1.71 bits per heavy atom. The first-order valence-corrected chi connectivity index (χ1v) is 8.49. The molecule has 1 aliphatic rings. The Bertz CT molecular complexity index is 691. The molecule has 3 aromatic rings. The van der Waals surface area contributed by atoms with Gasteiger partial charge in [-0.3, -0.25) is 9.80 Å². The fourth-order valence-electron chi connectivity index (χ4n) is 3.50. The molecule has 1 fully saturated rings.